The van der Waals surface area contributed by atoms with E-state index in [4.69, 9.17) is 4.74 Å². The summed E-state index contributed by atoms with van der Waals surface area (Å²) in [5.74, 6) is 0. The van der Waals surface area contributed by atoms with E-state index in [2.05, 4.69) is 6.58 Å². The molecule has 0 amide bonds. The van der Waals surface area contributed by atoms with Crippen molar-refractivity contribution in [3.8, 4) is 0 Å². The first-order valence-electron chi connectivity index (χ1n) is 4.58. The summed E-state index contributed by atoms with van der Waals surface area (Å²) in [4.78, 5) is 10.3. The fourth-order valence-corrected chi connectivity index (χ4v) is 1.29. The molecular formula is C11H13NO3. The molecule has 0 aromatic heterocycles. The Morgan fingerprint density at radius 1 is 1.60 bits per heavy atom. The summed E-state index contributed by atoms with van der Waals surface area (Å²) in [7, 11) is 0. The van der Waals surface area contributed by atoms with Crippen LogP contribution in [0, 0.1) is 17.0 Å². The zero-order valence-electron chi connectivity index (χ0n) is 8.60. The van der Waals surface area contributed by atoms with Crippen molar-refractivity contribution in [2.45, 2.75) is 13.5 Å². The van der Waals surface area contributed by atoms with Gasteiger partial charge in [0, 0.05) is 6.07 Å². The zero-order valence-corrected chi connectivity index (χ0v) is 8.60. The Balaban J connectivity index is 2.92. The van der Waals surface area contributed by atoms with Gasteiger partial charge in [0.15, 0.2) is 0 Å². The first kappa shape index (κ1) is 11.4. The third-order valence-electron chi connectivity index (χ3n) is 2.06. The van der Waals surface area contributed by atoms with E-state index in [-0.39, 0.29) is 17.2 Å². The van der Waals surface area contributed by atoms with Crippen LogP contribution in [-0.4, -0.2) is 11.5 Å². The molecule has 15 heavy (non-hydrogen) atoms. The lowest BCUT2D eigenvalue weighted by atomic mass is 10.1. The molecule has 0 N–H and O–H groups in total. The summed E-state index contributed by atoms with van der Waals surface area (Å²) in [6.45, 7) is 5.99. The van der Waals surface area contributed by atoms with E-state index in [9.17, 15) is 10.1 Å². The van der Waals surface area contributed by atoms with E-state index >= 15 is 0 Å². The normalized spacial score (nSPS) is 9.93. The molecule has 4 heteroatoms. The molecule has 0 radical (unpaired) electrons. The number of nitrogens with zero attached hydrogens (tertiary/aromatic N) is 1. The molecule has 0 saturated heterocycles. The van der Waals surface area contributed by atoms with Gasteiger partial charge in [-0.25, -0.2) is 0 Å². The molecule has 1 aromatic carbocycles. The summed E-state index contributed by atoms with van der Waals surface area (Å²) >= 11 is 0. The van der Waals surface area contributed by atoms with Gasteiger partial charge in [-0.3, -0.25) is 10.1 Å². The van der Waals surface area contributed by atoms with Crippen molar-refractivity contribution in [1.29, 1.82) is 0 Å². The third kappa shape index (κ3) is 2.89. The smallest absolute Gasteiger partial charge is 0.275 e. The van der Waals surface area contributed by atoms with Crippen LogP contribution in [0.15, 0.2) is 30.9 Å². The number of hydrogen-bond acceptors (Lipinski definition) is 3. The van der Waals surface area contributed by atoms with E-state index in [1.807, 2.05) is 13.0 Å². The largest absolute Gasteiger partial charge is 0.372 e. The molecule has 1 rings (SSSR count). The van der Waals surface area contributed by atoms with E-state index in [0.29, 0.717) is 12.2 Å². The standard InChI is InChI=1S/C11H13NO3/c1-3-7-15-8-10-9(2)5-4-6-11(10)12(13)14/h3-6H,1,7-8H2,2H3. The summed E-state index contributed by atoms with van der Waals surface area (Å²) in [5, 5.41) is 10.7. The van der Waals surface area contributed by atoms with Gasteiger partial charge in [-0.1, -0.05) is 18.2 Å². The maximum absolute atomic E-state index is 10.7. The Labute approximate surface area is 88.3 Å². The Morgan fingerprint density at radius 3 is 2.93 bits per heavy atom. The number of ether oxygens (including phenoxy) is 1. The van der Waals surface area contributed by atoms with Crippen LogP contribution in [-0.2, 0) is 11.3 Å². The summed E-state index contributed by atoms with van der Waals surface area (Å²) in [6, 6.07) is 4.99. The van der Waals surface area contributed by atoms with Crippen molar-refractivity contribution >= 4 is 5.69 Å². The molecule has 0 unspecified atom stereocenters. The number of nitro groups is 1. The zero-order chi connectivity index (χ0) is 11.3. The lowest BCUT2D eigenvalue weighted by Crippen LogP contribution is -2.01. The first-order chi connectivity index (χ1) is 7.16. The molecule has 80 valence electrons. The van der Waals surface area contributed by atoms with Crippen LogP contribution in [0.5, 0.6) is 0 Å². The second-order valence-corrected chi connectivity index (χ2v) is 3.13. The molecule has 0 heterocycles. The fraction of sp³-hybridized carbons (Fsp3) is 0.273. The maximum atomic E-state index is 10.7. The number of rotatable bonds is 5. The van der Waals surface area contributed by atoms with Crippen LogP contribution in [0.4, 0.5) is 5.69 Å². The van der Waals surface area contributed by atoms with Crippen LogP contribution in [0.25, 0.3) is 0 Å². The number of hydrogen-bond donors (Lipinski definition) is 0. The van der Waals surface area contributed by atoms with E-state index in [0.717, 1.165) is 5.56 Å². The Kier molecular flexibility index (Phi) is 4.00. The molecule has 0 aliphatic heterocycles. The van der Waals surface area contributed by atoms with Gasteiger partial charge in [0.05, 0.1) is 23.7 Å². The highest BCUT2D eigenvalue weighted by Gasteiger charge is 2.14. The van der Waals surface area contributed by atoms with Crippen molar-refractivity contribution in [3.63, 3.8) is 0 Å². The van der Waals surface area contributed by atoms with Crippen LogP contribution in [0.3, 0.4) is 0 Å². The van der Waals surface area contributed by atoms with Gasteiger partial charge in [-0.2, -0.15) is 0 Å². The number of benzene rings is 1. The van der Waals surface area contributed by atoms with Gasteiger partial charge >= 0.3 is 0 Å². The highest BCUT2D eigenvalue weighted by molar-refractivity contribution is 5.44. The van der Waals surface area contributed by atoms with Gasteiger partial charge in [-0.15, -0.1) is 6.58 Å². The van der Waals surface area contributed by atoms with E-state index in [1.54, 1.807) is 12.1 Å². The average Bonchev–Trinajstić information content (AvgIpc) is 2.20. The minimum absolute atomic E-state index is 0.110. The molecule has 0 atom stereocenters. The molecule has 0 bridgehead atoms. The fourth-order valence-electron chi connectivity index (χ4n) is 1.29. The van der Waals surface area contributed by atoms with Crippen LogP contribution in [0.2, 0.25) is 0 Å². The first-order valence-corrected chi connectivity index (χ1v) is 4.58. The Morgan fingerprint density at radius 2 is 2.33 bits per heavy atom. The van der Waals surface area contributed by atoms with Gasteiger partial charge in [0.2, 0.25) is 0 Å². The predicted molar refractivity (Wildman–Crippen MR) is 57.7 cm³/mol. The topological polar surface area (TPSA) is 52.4 Å². The molecule has 0 fully saturated rings. The predicted octanol–water partition coefficient (Wildman–Crippen LogP) is 2.61. The minimum atomic E-state index is -0.389. The van der Waals surface area contributed by atoms with Gasteiger partial charge in [0.1, 0.15) is 0 Å². The molecule has 4 nitrogen and oxygen atoms in total. The molecule has 1 aromatic rings. The number of aryl methyl sites for hydroxylation is 1. The highest BCUT2D eigenvalue weighted by Crippen LogP contribution is 2.22. The average molecular weight is 207 g/mol. The summed E-state index contributed by atoms with van der Waals surface area (Å²) < 4.78 is 5.22. The van der Waals surface area contributed by atoms with E-state index < -0.39 is 0 Å². The van der Waals surface area contributed by atoms with Crippen LogP contribution < -0.4 is 0 Å². The quantitative estimate of drug-likeness (QED) is 0.323. The second kappa shape index (κ2) is 5.26. The van der Waals surface area contributed by atoms with Crippen LogP contribution >= 0.6 is 0 Å². The summed E-state index contributed by atoms with van der Waals surface area (Å²) in [5.41, 5.74) is 1.61. The van der Waals surface area contributed by atoms with Crippen LogP contribution in [0.1, 0.15) is 11.1 Å². The molecule has 0 saturated carbocycles. The summed E-state index contributed by atoms with van der Waals surface area (Å²) in [6.07, 6.45) is 1.62. The van der Waals surface area contributed by atoms with Gasteiger partial charge in [-0.05, 0) is 12.5 Å². The van der Waals surface area contributed by atoms with Crippen molar-refractivity contribution in [2.75, 3.05) is 6.61 Å². The van der Waals surface area contributed by atoms with Gasteiger partial charge in [0.25, 0.3) is 5.69 Å². The highest BCUT2D eigenvalue weighted by atomic mass is 16.6. The molecule has 0 aliphatic rings. The Bertz CT molecular complexity index is 374. The lowest BCUT2D eigenvalue weighted by Gasteiger charge is -2.06. The monoisotopic (exact) mass is 207 g/mol. The minimum Gasteiger partial charge on any atom is -0.372 e. The number of nitro benzene ring substituents is 1. The van der Waals surface area contributed by atoms with Crippen molar-refractivity contribution < 1.29 is 9.66 Å². The lowest BCUT2D eigenvalue weighted by molar-refractivity contribution is -0.386. The van der Waals surface area contributed by atoms with Crippen molar-refractivity contribution in [1.82, 2.24) is 0 Å². The maximum Gasteiger partial charge on any atom is 0.275 e. The molecular weight excluding hydrogens is 194 g/mol. The third-order valence-corrected chi connectivity index (χ3v) is 2.06. The van der Waals surface area contributed by atoms with Gasteiger partial charge < -0.3 is 4.74 Å². The molecule has 0 spiro atoms. The SMILES string of the molecule is C=CCOCc1c(C)cccc1[N+](=O)[O-]. The van der Waals surface area contributed by atoms with Crippen molar-refractivity contribution in [2.24, 2.45) is 0 Å². The Hall–Kier alpha value is -1.68. The van der Waals surface area contributed by atoms with Crippen molar-refractivity contribution in [3.05, 3.63) is 52.1 Å². The van der Waals surface area contributed by atoms with E-state index in [1.165, 1.54) is 6.07 Å². The molecule has 0 aliphatic carbocycles. The second-order valence-electron chi connectivity index (χ2n) is 3.13.